The third-order valence-electron chi connectivity index (χ3n) is 19.1. The van der Waals surface area contributed by atoms with Crippen LogP contribution in [0.15, 0.2) is 0 Å². The molecule has 0 aromatic heterocycles. The van der Waals surface area contributed by atoms with Gasteiger partial charge < -0.3 is 141 Å². The molecule has 3 aliphatic rings. The number of hydrogen-bond acceptors (Lipinski definition) is 32. The Labute approximate surface area is 683 Å². The molecule has 3 rings (SSSR count). The van der Waals surface area contributed by atoms with E-state index in [4.69, 9.17) is 51.3 Å². The first-order chi connectivity index (χ1) is 55.8. The van der Waals surface area contributed by atoms with Crippen molar-refractivity contribution in [3.63, 3.8) is 0 Å². The number of aliphatic hydroxyl groups excluding tert-OH is 10. The van der Waals surface area contributed by atoms with Crippen molar-refractivity contribution in [2.75, 3.05) is 139 Å². The summed E-state index contributed by atoms with van der Waals surface area (Å²) >= 11 is 0. The van der Waals surface area contributed by atoms with Gasteiger partial charge in [0.2, 0.25) is 53.2 Å². The third kappa shape index (κ3) is 43.9. The third-order valence-corrected chi connectivity index (χ3v) is 21.1. The lowest BCUT2D eigenvalue weighted by Gasteiger charge is -2.42. The highest BCUT2D eigenvalue weighted by molar-refractivity contribution is 7.47. The topological polar surface area (TPSA) is 614 Å². The van der Waals surface area contributed by atoms with Crippen LogP contribution in [-0.2, 0) is 104 Å². The summed E-state index contributed by atoms with van der Waals surface area (Å²) < 4.78 is 86.2. The fraction of sp³-hybridized carbons (Fsp3) is 0.875. The molecule has 0 aromatic carbocycles. The zero-order valence-corrected chi connectivity index (χ0v) is 69.6. The number of carbonyl (C=O) groups is 9. The summed E-state index contributed by atoms with van der Waals surface area (Å²) in [7, 11) is -8.45. The minimum atomic E-state index is -5.00. The Balaban J connectivity index is 1.45. The Morgan fingerprint density at radius 1 is 0.350 bits per heavy atom. The van der Waals surface area contributed by atoms with Crippen molar-refractivity contribution in [3.05, 3.63) is 0 Å². The molecule has 43 nitrogen and oxygen atoms in total. The van der Waals surface area contributed by atoms with Crippen LogP contribution >= 0.6 is 15.6 Å². The number of amides is 9. The smallest absolute Gasteiger partial charge is 0.395 e. The van der Waals surface area contributed by atoms with E-state index in [1.807, 2.05) is 0 Å². The standard InChI is InChI=1S/C72H133N9O34P2/c1-49(86)76-61-67(98)64(95)52(45-83)113-70(61)106-38-20-8-11-23-55(89)73-29-17-5-14-26-58(92)79(32-37-82)34-42-111-117(103,104)112-48-81(60(94)28-16-7-19-31-75-57(91)25-13-10-22-40-108-72-63(78-51(3)88)69(100)66(97)54(47-85)115-72)36-44-110-116(101,102)109-43-35-80(33-41-105-4)59(93)27-15-6-18-30-74-56(90)24-12-9-21-39-107-71-62(77-50(2)87)68(99)65(96)53(46-84)114-71/h52-54,61-72,82-85,95-100H,5-48H2,1-4H3,(H,73,89)(H,74,90)(H,75,91)(H,76,86)(H,77,87)(H,78,88)(H,101,102)(H,103,104). The monoisotopic (exact) mass is 1730 g/mol. The van der Waals surface area contributed by atoms with E-state index in [1.165, 1.54) is 37.7 Å². The van der Waals surface area contributed by atoms with Crippen LogP contribution in [-0.4, -0.2) is 360 Å². The van der Waals surface area contributed by atoms with Gasteiger partial charge in [-0.05, 0) is 77.0 Å². The average molecular weight is 1730 g/mol. The molecule has 0 aromatic rings. The van der Waals surface area contributed by atoms with Crippen molar-refractivity contribution in [1.29, 1.82) is 0 Å². The summed E-state index contributed by atoms with van der Waals surface area (Å²) in [6, 6.07) is -3.22. The zero-order valence-electron chi connectivity index (χ0n) is 67.9. The quantitative estimate of drug-likeness (QED) is 0.0163. The molecule has 0 saturated carbocycles. The predicted octanol–water partition coefficient (Wildman–Crippen LogP) is -3.07. The summed E-state index contributed by atoms with van der Waals surface area (Å²) in [5, 5.41) is 116. The molecule has 117 heavy (non-hydrogen) atoms. The molecule has 680 valence electrons. The van der Waals surface area contributed by atoms with Crippen molar-refractivity contribution >= 4 is 68.8 Å². The molecule has 0 aliphatic carbocycles. The number of phosphoric ester groups is 2. The maximum absolute atomic E-state index is 13.7. The Kier molecular flexibility index (Phi) is 54.6. The van der Waals surface area contributed by atoms with E-state index in [9.17, 15) is 113 Å². The van der Waals surface area contributed by atoms with Crippen molar-refractivity contribution in [3.8, 4) is 0 Å². The van der Waals surface area contributed by atoms with Gasteiger partial charge >= 0.3 is 15.6 Å². The van der Waals surface area contributed by atoms with E-state index in [0.717, 1.165) is 4.90 Å². The number of unbranched alkanes of at least 4 members (excludes halogenated alkanes) is 12. The van der Waals surface area contributed by atoms with E-state index in [-0.39, 0.29) is 128 Å². The molecule has 0 spiro atoms. The zero-order chi connectivity index (χ0) is 86.7. The van der Waals surface area contributed by atoms with Crippen molar-refractivity contribution in [2.24, 2.45) is 0 Å². The number of hydrogen-bond donors (Lipinski definition) is 18. The average Bonchev–Trinajstić information content (AvgIpc) is 0.818. The highest BCUT2D eigenvalue weighted by atomic mass is 31.2. The maximum atomic E-state index is 13.7. The van der Waals surface area contributed by atoms with Gasteiger partial charge in [0, 0.05) is 139 Å². The molecule has 3 fully saturated rings. The van der Waals surface area contributed by atoms with Gasteiger partial charge in [0.15, 0.2) is 18.9 Å². The summed E-state index contributed by atoms with van der Waals surface area (Å²) in [5.74, 6) is -3.40. The SMILES string of the molecule is COCCN(CCOP(=O)(O)OCCN(COP(=O)(O)OCCN(CCO)C(=O)CCCCCNC(=O)CCCCCOC1OC(CO)C(O)C(O)C1NC(C)=O)C(=O)CCCCCNC(=O)CCCCCOC1OC(CO)C(O)C(O)C1NC(C)=O)C(=O)CCCCCNC(=O)CCCCCOC1OC(CO)C(O)C(O)C1NC(C)=O. The van der Waals surface area contributed by atoms with Crippen molar-refractivity contribution in [1.82, 2.24) is 46.6 Å². The second-order valence-corrected chi connectivity index (χ2v) is 31.6. The number of nitrogens with one attached hydrogen (secondary N) is 6. The molecule has 17 atom stereocenters. The lowest BCUT2D eigenvalue weighted by molar-refractivity contribution is -0.270. The van der Waals surface area contributed by atoms with Gasteiger partial charge in [-0.25, -0.2) is 9.13 Å². The Morgan fingerprint density at radius 2 is 0.632 bits per heavy atom. The molecule has 17 unspecified atom stereocenters. The van der Waals surface area contributed by atoms with Crippen molar-refractivity contribution < 1.29 is 164 Å². The Bertz CT molecular complexity index is 2970. The van der Waals surface area contributed by atoms with Crippen LogP contribution in [0, 0.1) is 0 Å². The number of rotatable bonds is 65. The van der Waals surface area contributed by atoms with Gasteiger partial charge in [-0.3, -0.25) is 61.2 Å². The molecule has 3 saturated heterocycles. The van der Waals surface area contributed by atoms with Gasteiger partial charge in [0.25, 0.3) is 0 Å². The minimum Gasteiger partial charge on any atom is -0.395 e. The van der Waals surface area contributed by atoms with E-state index in [2.05, 4.69) is 31.9 Å². The van der Waals surface area contributed by atoms with Gasteiger partial charge in [0.05, 0.1) is 52.9 Å². The molecule has 3 heterocycles. The molecule has 0 bridgehead atoms. The number of nitrogens with zero attached hydrogens (tertiary/aromatic N) is 3. The Hall–Kier alpha value is -5.23. The molecule has 9 amide bonds. The van der Waals surface area contributed by atoms with Crippen molar-refractivity contribution in [2.45, 2.75) is 267 Å². The number of methoxy groups -OCH3 is 1. The largest absolute Gasteiger partial charge is 0.473 e. The molecule has 45 heteroatoms. The lowest BCUT2D eigenvalue weighted by Crippen LogP contribution is -2.64. The van der Waals surface area contributed by atoms with E-state index in [1.54, 1.807) is 0 Å². The number of aliphatic hydroxyl groups is 10. The van der Waals surface area contributed by atoms with Crippen LogP contribution in [0.3, 0.4) is 0 Å². The molecular formula is C72H133N9O34P2. The van der Waals surface area contributed by atoms with Gasteiger partial charge in [-0.2, -0.15) is 0 Å². The van der Waals surface area contributed by atoms with E-state index < -0.39 is 197 Å². The first-order valence-corrected chi connectivity index (χ1v) is 43.3. The Morgan fingerprint density at radius 3 is 0.940 bits per heavy atom. The first kappa shape index (κ1) is 106. The van der Waals surface area contributed by atoms with Crippen LogP contribution in [0.25, 0.3) is 0 Å². The number of ether oxygens (including phenoxy) is 7. The number of carbonyl (C=O) groups excluding carboxylic acids is 9. The van der Waals surface area contributed by atoms with Crippen LogP contribution in [0.1, 0.15) is 175 Å². The molecule has 0 radical (unpaired) electrons. The van der Waals surface area contributed by atoms with Crippen LogP contribution in [0.2, 0.25) is 0 Å². The predicted molar refractivity (Wildman–Crippen MR) is 411 cm³/mol. The summed E-state index contributed by atoms with van der Waals surface area (Å²) in [4.78, 5) is 138. The van der Waals surface area contributed by atoms with Gasteiger partial charge in [-0.15, -0.1) is 0 Å². The summed E-state index contributed by atoms with van der Waals surface area (Å²) in [5.41, 5.74) is 0. The first-order valence-electron chi connectivity index (χ1n) is 40.3. The second-order valence-electron chi connectivity index (χ2n) is 28.7. The fourth-order valence-corrected chi connectivity index (χ4v) is 14.0. The molecular weight excluding hydrogens is 1600 g/mol. The van der Waals surface area contributed by atoms with Gasteiger partial charge in [0.1, 0.15) is 79.8 Å². The fourth-order valence-electron chi connectivity index (χ4n) is 12.6. The summed E-state index contributed by atoms with van der Waals surface area (Å²) in [6.07, 6.45) is -5.86. The molecule has 18 N–H and O–H groups in total. The maximum Gasteiger partial charge on any atom is 0.473 e. The minimum absolute atomic E-state index is 0.0322. The second kappa shape index (κ2) is 60.3. The molecule has 3 aliphatic heterocycles. The van der Waals surface area contributed by atoms with Crippen LogP contribution < -0.4 is 31.9 Å². The number of phosphoric acid groups is 2. The van der Waals surface area contributed by atoms with E-state index >= 15 is 0 Å². The summed E-state index contributed by atoms with van der Waals surface area (Å²) in [6.45, 7) is -0.496. The normalized spacial score (nSPS) is 24.3. The van der Waals surface area contributed by atoms with E-state index in [0.29, 0.717) is 122 Å². The van der Waals surface area contributed by atoms with Crippen LogP contribution in [0.5, 0.6) is 0 Å². The lowest BCUT2D eigenvalue weighted by atomic mass is 9.97. The van der Waals surface area contributed by atoms with Gasteiger partial charge in [-0.1, -0.05) is 38.5 Å². The van der Waals surface area contributed by atoms with Crippen LogP contribution in [0.4, 0.5) is 0 Å². The highest BCUT2D eigenvalue weighted by Gasteiger charge is 2.48. The highest BCUT2D eigenvalue weighted by Crippen LogP contribution is 2.44.